The summed E-state index contributed by atoms with van der Waals surface area (Å²) in [5, 5.41) is 23.3. The zero-order valence-corrected chi connectivity index (χ0v) is 20.0. The Balaban J connectivity index is 1.61. The van der Waals surface area contributed by atoms with Gasteiger partial charge in [0.15, 0.2) is 5.72 Å². The highest BCUT2D eigenvalue weighted by Crippen LogP contribution is 2.46. The van der Waals surface area contributed by atoms with Crippen LogP contribution in [0.2, 0.25) is 5.02 Å². The minimum atomic E-state index is -1.65. The molecule has 7 nitrogen and oxygen atoms in total. The summed E-state index contributed by atoms with van der Waals surface area (Å²) in [6.07, 6.45) is 1.70. The number of ether oxygens (including phenoxy) is 1. The van der Waals surface area contributed by atoms with Gasteiger partial charge in [-0.25, -0.2) is 4.68 Å². The average molecular weight is 489 g/mol. The van der Waals surface area contributed by atoms with E-state index in [1.165, 1.54) is 4.68 Å². The molecule has 0 spiro atoms. The van der Waals surface area contributed by atoms with Crippen molar-refractivity contribution < 1.29 is 14.6 Å². The van der Waals surface area contributed by atoms with Crippen LogP contribution in [0.5, 0.6) is 5.75 Å². The highest BCUT2D eigenvalue weighted by molar-refractivity contribution is 6.30. The second-order valence-electron chi connectivity index (χ2n) is 8.62. The van der Waals surface area contributed by atoms with Gasteiger partial charge in [0.1, 0.15) is 17.5 Å². The summed E-state index contributed by atoms with van der Waals surface area (Å²) in [4.78, 5) is 13.8. The third kappa shape index (κ3) is 4.13. The minimum Gasteiger partial charge on any atom is -0.495 e. The quantitative estimate of drug-likeness (QED) is 0.355. The number of benzene rings is 3. The number of carbonyl (C=O) groups excluding carboxylic acids is 1. The number of fused-ring (bicyclic) bond motifs is 1. The van der Waals surface area contributed by atoms with Gasteiger partial charge >= 0.3 is 0 Å². The molecule has 3 N–H and O–H groups in total. The molecule has 8 heteroatoms. The first kappa shape index (κ1) is 23.0. The van der Waals surface area contributed by atoms with Gasteiger partial charge in [0.25, 0.3) is 0 Å². The van der Waals surface area contributed by atoms with E-state index in [1.54, 1.807) is 44.5 Å². The van der Waals surface area contributed by atoms with Crippen LogP contribution in [-0.4, -0.2) is 27.9 Å². The van der Waals surface area contributed by atoms with Crippen LogP contribution in [-0.2, 0) is 10.5 Å². The number of rotatable bonds is 5. The molecule has 1 aliphatic rings. The van der Waals surface area contributed by atoms with Gasteiger partial charge < -0.3 is 20.5 Å². The number of nitrogens with one attached hydrogen (secondary N) is 2. The third-order valence-electron chi connectivity index (χ3n) is 6.37. The normalized spacial score (nSPS) is 21.0. The van der Waals surface area contributed by atoms with Crippen molar-refractivity contribution in [1.82, 2.24) is 9.78 Å². The van der Waals surface area contributed by atoms with E-state index < -0.39 is 17.7 Å². The topological polar surface area (TPSA) is 88.4 Å². The summed E-state index contributed by atoms with van der Waals surface area (Å²) in [6.45, 7) is 1.61. The number of aromatic nitrogens is 2. The van der Waals surface area contributed by atoms with E-state index in [1.807, 2.05) is 54.6 Å². The average Bonchev–Trinajstić information content (AvgIpc) is 3.30. The maximum Gasteiger partial charge on any atom is 0.234 e. The van der Waals surface area contributed by atoms with E-state index >= 15 is 0 Å². The van der Waals surface area contributed by atoms with Gasteiger partial charge in [-0.3, -0.25) is 4.79 Å². The van der Waals surface area contributed by atoms with Crippen LogP contribution in [0.4, 0.5) is 11.5 Å². The molecule has 1 aliphatic heterocycles. The molecule has 5 rings (SSSR count). The van der Waals surface area contributed by atoms with E-state index in [-0.39, 0.29) is 5.91 Å². The fourth-order valence-electron chi connectivity index (χ4n) is 4.64. The molecular weight excluding hydrogens is 464 g/mol. The van der Waals surface area contributed by atoms with Crippen LogP contribution >= 0.6 is 11.6 Å². The number of hydrogen-bond donors (Lipinski definition) is 3. The molecule has 1 aromatic heterocycles. The number of aliphatic hydroxyl groups is 1. The molecule has 2 heterocycles. The first-order chi connectivity index (χ1) is 16.9. The summed E-state index contributed by atoms with van der Waals surface area (Å²) >= 11 is 6.14. The van der Waals surface area contributed by atoms with Gasteiger partial charge in [0.05, 0.1) is 25.0 Å². The van der Waals surface area contributed by atoms with Crippen LogP contribution in [0, 0.1) is 5.92 Å². The summed E-state index contributed by atoms with van der Waals surface area (Å²) in [5.41, 5.74) is 1.45. The summed E-state index contributed by atoms with van der Waals surface area (Å²) in [7, 11) is 1.54. The molecule has 3 atom stereocenters. The second kappa shape index (κ2) is 9.09. The maximum atomic E-state index is 13.8. The lowest BCUT2D eigenvalue weighted by Gasteiger charge is -2.43. The highest BCUT2D eigenvalue weighted by Gasteiger charge is 2.50. The van der Waals surface area contributed by atoms with Gasteiger partial charge in [-0.2, -0.15) is 5.10 Å². The van der Waals surface area contributed by atoms with Crippen molar-refractivity contribution in [3.8, 4) is 16.9 Å². The van der Waals surface area contributed by atoms with Crippen molar-refractivity contribution in [2.75, 3.05) is 17.7 Å². The molecule has 0 saturated heterocycles. The van der Waals surface area contributed by atoms with Crippen molar-refractivity contribution in [2.24, 2.45) is 5.92 Å². The zero-order chi connectivity index (χ0) is 24.6. The molecule has 35 heavy (non-hydrogen) atoms. The lowest BCUT2D eigenvalue weighted by molar-refractivity contribution is -0.143. The SMILES string of the molecule is COc1ccccc1NC(=O)[C@@H]1[C@@H](c2ccc(Cl)cc2)Nc2c(-c3ccccc3)cnn2[C@@]1(C)O. The van der Waals surface area contributed by atoms with Crippen molar-refractivity contribution in [3.05, 3.63) is 95.6 Å². The number of carbonyl (C=O) groups is 1. The van der Waals surface area contributed by atoms with Gasteiger partial charge in [0, 0.05) is 10.6 Å². The van der Waals surface area contributed by atoms with Crippen molar-refractivity contribution in [1.29, 1.82) is 0 Å². The Kier molecular flexibility index (Phi) is 5.96. The number of anilines is 2. The number of nitrogens with zero attached hydrogens (tertiary/aromatic N) is 2. The molecule has 0 fully saturated rings. The number of halogens is 1. The number of methoxy groups -OCH3 is 1. The maximum absolute atomic E-state index is 13.8. The standard InChI is InChI=1S/C27H25ClN4O3/c1-27(34)23(26(33)30-21-10-6-7-11-22(21)35-2)24(18-12-14-19(28)15-13-18)31-25-20(16-29-32(25)27)17-8-4-3-5-9-17/h3-16,23-24,31,34H,1-2H3,(H,30,33)/t23-,24+,27-/m0/s1. The predicted molar refractivity (Wildman–Crippen MR) is 136 cm³/mol. The molecule has 0 saturated carbocycles. The van der Waals surface area contributed by atoms with E-state index in [9.17, 15) is 9.90 Å². The molecule has 4 aromatic rings. The Labute approximate surface area is 208 Å². The molecule has 3 aromatic carbocycles. The minimum absolute atomic E-state index is 0.380. The van der Waals surface area contributed by atoms with Crippen molar-refractivity contribution in [3.63, 3.8) is 0 Å². The van der Waals surface area contributed by atoms with E-state index in [4.69, 9.17) is 16.3 Å². The van der Waals surface area contributed by atoms with Gasteiger partial charge in [-0.15, -0.1) is 0 Å². The first-order valence-electron chi connectivity index (χ1n) is 11.2. The van der Waals surface area contributed by atoms with Crippen molar-refractivity contribution >= 4 is 29.0 Å². The van der Waals surface area contributed by atoms with Crippen LogP contribution in [0.1, 0.15) is 18.5 Å². The first-order valence-corrected chi connectivity index (χ1v) is 11.6. The van der Waals surface area contributed by atoms with Gasteiger partial charge in [-0.05, 0) is 42.3 Å². The number of para-hydroxylation sites is 2. The fourth-order valence-corrected chi connectivity index (χ4v) is 4.77. The largest absolute Gasteiger partial charge is 0.495 e. The van der Waals surface area contributed by atoms with E-state index in [2.05, 4.69) is 15.7 Å². The molecule has 0 bridgehead atoms. The molecule has 0 aliphatic carbocycles. The lowest BCUT2D eigenvalue weighted by Crippen LogP contribution is -2.53. The Bertz CT molecular complexity index is 1350. The number of hydrogen-bond acceptors (Lipinski definition) is 5. The smallest absolute Gasteiger partial charge is 0.234 e. The molecule has 178 valence electrons. The van der Waals surface area contributed by atoms with E-state index in [0.717, 1.165) is 16.7 Å². The monoisotopic (exact) mass is 488 g/mol. The van der Waals surface area contributed by atoms with Crippen molar-refractivity contribution in [2.45, 2.75) is 18.7 Å². The van der Waals surface area contributed by atoms with Crippen LogP contribution in [0.15, 0.2) is 85.1 Å². The Morgan fingerprint density at radius 2 is 1.77 bits per heavy atom. The highest BCUT2D eigenvalue weighted by atomic mass is 35.5. The van der Waals surface area contributed by atoms with Crippen LogP contribution in [0.3, 0.4) is 0 Å². The van der Waals surface area contributed by atoms with Gasteiger partial charge in [-0.1, -0.05) is 66.2 Å². The Morgan fingerprint density at radius 1 is 1.09 bits per heavy atom. The Hall–Kier alpha value is -3.81. The lowest BCUT2D eigenvalue weighted by atomic mass is 9.82. The van der Waals surface area contributed by atoms with E-state index in [0.29, 0.717) is 22.3 Å². The third-order valence-corrected chi connectivity index (χ3v) is 6.63. The van der Waals surface area contributed by atoms with Gasteiger partial charge in [0.2, 0.25) is 5.91 Å². The second-order valence-corrected chi connectivity index (χ2v) is 9.06. The Morgan fingerprint density at radius 3 is 2.49 bits per heavy atom. The predicted octanol–water partition coefficient (Wildman–Crippen LogP) is 5.30. The molecule has 0 unspecified atom stereocenters. The van der Waals surface area contributed by atoms with Crippen LogP contribution in [0.25, 0.3) is 11.1 Å². The molecule has 1 amide bonds. The summed E-state index contributed by atoms with van der Waals surface area (Å²) < 4.78 is 6.87. The zero-order valence-electron chi connectivity index (χ0n) is 19.3. The fraction of sp³-hybridized carbons (Fsp3) is 0.185. The molecule has 0 radical (unpaired) electrons. The molecular formula is C27H25ClN4O3. The summed E-state index contributed by atoms with van der Waals surface area (Å²) in [6, 6.07) is 23.6. The number of amides is 1. The summed E-state index contributed by atoms with van der Waals surface area (Å²) in [5.74, 6) is -0.167. The van der Waals surface area contributed by atoms with Crippen LogP contribution < -0.4 is 15.4 Å².